The zero-order chi connectivity index (χ0) is 11.5. The quantitative estimate of drug-likeness (QED) is 0.831. The van der Waals surface area contributed by atoms with E-state index < -0.39 is 0 Å². The fourth-order valence-electron chi connectivity index (χ4n) is 2.09. The lowest BCUT2D eigenvalue weighted by Gasteiger charge is -2.26. The van der Waals surface area contributed by atoms with E-state index in [0.29, 0.717) is 0 Å². The Kier molecular flexibility index (Phi) is 2.94. The van der Waals surface area contributed by atoms with E-state index >= 15 is 0 Å². The van der Waals surface area contributed by atoms with Crippen LogP contribution in [0.1, 0.15) is 5.82 Å². The van der Waals surface area contributed by atoms with Crippen molar-refractivity contribution in [1.82, 2.24) is 20.2 Å². The zero-order valence-electron chi connectivity index (χ0n) is 9.65. The summed E-state index contributed by atoms with van der Waals surface area (Å²) in [5, 5.41) is 3.34. The first-order valence-corrected chi connectivity index (χ1v) is 5.91. The molecule has 2 N–H and O–H groups in total. The Hall–Kier alpha value is -1.59. The van der Waals surface area contributed by atoms with Gasteiger partial charge in [-0.1, -0.05) is 0 Å². The van der Waals surface area contributed by atoms with Gasteiger partial charge in [-0.25, -0.2) is 4.98 Å². The van der Waals surface area contributed by atoms with Gasteiger partial charge in [0, 0.05) is 31.7 Å². The van der Waals surface area contributed by atoms with Crippen LogP contribution in [0.3, 0.4) is 0 Å². The summed E-state index contributed by atoms with van der Waals surface area (Å²) in [6.45, 7) is 5.19. The van der Waals surface area contributed by atoms with E-state index in [1.54, 1.807) is 12.5 Å². The predicted molar refractivity (Wildman–Crippen MR) is 64.4 cm³/mol. The van der Waals surface area contributed by atoms with Crippen LogP contribution in [0.5, 0.6) is 0 Å². The third-order valence-corrected chi connectivity index (χ3v) is 3.04. The normalized spacial score (nSPS) is 17.4. The van der Waals surface area contributed by atoms with Crippen LogP contribution < -0.4 is 5.32 Å². The third kappa shape index (κ3) is 2.40. The van der Waals surface area contributed by atoms with Gasteiger partial charge in [0.25, 0.3) is 0 Å². The molecule has 2 aromatic rings. The van der Waals surface area contributed by atoms with Gasteiger partial charge in [-0.3, -0.25) is 4.90 Å². The Labute approximate surface area is 99.8 Å². The van der Waals surface area contributed by atoms with Gasteiger partial charge in [-0.15, -0.1) is 0 Å². The van der Waals surface area contributed by atoms with Crippen LogP contribution in [-0.4, -0.2) is 41.0 Å². The average molecular weight is 232 g/mol. The number of hydrogen-bond donors (Lipinski definition) is 2. The summed E-state index contributed by atoms with van der Waals surface area (Å²) in [7, 11) is 0. The minimum Gasteiger partial charge on any atom is -0.472 e. The lowest BCUT2D eigenvalue weighted by atomic mass is 10.3. The summed E-state index contributed by atoms with van der Waals surface area (Å²) in [5.74, 6) is 1.02. The number of furan rings is 1. The van der Waals surface area contributed by atoms with Gasteiger partial charge in [-0.2, -0.15) is 0 Å². The van der Waals surface area contributed by atoms with Crippen LogP contribution in [0.4, 0.5) is 0 Å². The molecule has 0 radical (unpaired) electrons. The molecule has 90 valence electrons. The summed E-state index contributed by atoms with van der Waals surface area (Å²) in [6, 6.07) is 1.93. The van der Waals surface area contributed by atoms with Crippen molar-refractivity contribution in [3.63, 3.8) is 0 Å². The lowest BCUT2D eigenvalue weighted by molar-refractivity contribution is 0.228. The standard InChI is InChI=1S/C12H16N4O/c1-6-17-9-10(1)11-7-14-12(15-11)8-16-4-2-13-3-5-16/h1,6-7,9,13H,2-5,8H2,(H,14,15). The highest BCUT2D eigenvalue weighted by molar-refractivity contribution is 5.56. The zero-order valence-corrected chi connectivity index (χ0v) is 9.65. The molecule has 1 saturated heterocycles. The number of aromatic nitrogens is 2. The molecule has 5 nitrogen and oxygen atoms in total. The van der Waals surface area contributed by atoms with Crippen LogP contribution in [-0.2, 0) is 6.54 Å². The lowest BCUT2D eigenvalue weighted by Crippen LogP contribution is -2.43. The van der Waals surface area contributed by atoms with Crippen molar-refractivity contribution in [1.29, 1.82) is 0 Å². The van der Waals surface area contributed by atoms with E-state index in [9.17, 15) is 0 Å². The first-order valence-electron chi connectivity index (χ1n) is 5.91. The molecule has 17 heavy (non-hydrogen) atoms. The van der Waals surface area contributed by atoms with Crippen molar-refractivity contribution in [2.45, 2.75) is 6.54 Å². The molecule has 1 fully saturated rings. The van der Waals surface area contributed by atoms with Gasteiger partial charge >= 0.3 is 0 Å². The molecule has 2 aromatic heterocycles. The van der Waals surface area contributed by atoms with Crippen LogP contribution in [0.2, 0.25) is 0 Å². The minimum atomic E-state index is 0.888. The Bertz CT molecular complexity index is 457. The maximum absolute atomic E-state index is 5.06. The van der Waals surface area contributed by atoms with E-state index in [0.717, 1.165) is 49.8 Å². The van der Waals surface area contributed by atoms with E-state index in [4.69, 9.17) is 4.42 Å². The fourth-order valence-corrected chi connectivity index (χ4v) is 2.09. The van der Waals surface area contributed by atoms with Crippen molar-refractivity contribution >= 4 is 0 Å². The van der Waals surface area contributed by atoms with Gasteiger partial charge < -0.3 is 14.7 Å². The van der Waals surface area contributed by atoms with Crippen LogP contribution in [0.25, 0.3) is 11.3 Å². The molecule has 0 unspecified atom stereocenters. The van der Waals surface area contributed by atoms with Crippen LogP contribution >= 0.6 is 0 Å². The molecule has 0 saturated carbocycles. The Morgan fingerprint density at radius 3 is 3.00 bits per heavy atom. The first-order chi connectivity index (χ1) is 8.42. The summed E-state index contributed by atoms with van der Waals surface area (Å²) in [4.78, 5) is 10.1. The highest BCUT2D eigenvalue weighted by Crippen LogP contribution is 2.17. The van der Waals surface area contributed by atoms with Gasteiger partial charge in [0.15, 0.2) is 0 Å². The Balaban J connectivity index is 1.68. The predicted octanol–water partition coefficient (Wildman–Crippen LogP) is 1.07. The second-order valence-corrected chi connectivity index (χ2v) is 4.28. The summed E-state index contributed by atoms with van der Waals surface area (Å²) >= 11 is 0. The number of nitrogens with zero attached hydrogens (tertiary/aromatic N) is 2. The van der Waals surface area contributed by atoms with Crippen molar-refractivity contribution in [2.75, 3.05) is 26.2 Å². The van der Waals surface area contributed by atoms with Gasteiger partial charge in [0.1, 0.15) is 5.82 Å². The van der Waals surface area contributed by atoms with Gasteiger partial charge in [0.2, 0.25) is 0 Å². The molecule has 0 bridgehead atoms. The maximum Gasteiger partial charge on any atom is 0.120 e. The molecular weight excluding hydrogens is 216 g/mol. The molecular formula is C12H16N4O. The Morgan fingerprint density at radius 2 is 2.24 bits per heavy atom. The molecule has 1 aliphatic heterocycles. The van der Waals surface area contributed by atoms with Crippen molar-refractivity contribution in [3.05, 3.63) is 30.6 Å². The van der Waals surface area contributed by atoms with E-state index in [1.165, 1.54) is 0 Å². The second-order valence-electron chi connectivity index (χ2n) is 4.28. The van der Waals surface area contributed by atoms with E-state index in [2.05, 4.69) is 20.2 Å². The van der Waals surface area contributed by atoms with Gasteiger partial charge in [-0.05, 0) is 6.07 Å². The van der Waals surface area contributed by atoms with E-state index in [-0.39, 0.29) is 0 Å². The maximum atomic E-state index is 5.06. The number of rotatable bonds is 3. The smallest absolute Gasteiger partial charge is 0.120 e. The molecule has 3 rings (SSSR count). The molecule has 0 spiro atoms. The molecule has 0 atom stereocenters. The summed E-state index contributed by atoms with van der Waals surface area (Å²) in [5.41, 5.74) is 2.06. The number of aromatic amines is 1. The Morgan fingerprint density at radius 1 is 1.35 bits per heavy atom. The number of nitrogens with one attached hydrogen (secondary N) is 2. The topological polar surface area (TPSA) is 57.1 Å². The van der Waals surface area contributed by atoms with Crippen LogP contribution in [0, 0.1) is 0 Å². The summed E-state index contributed by atoms with van der Waals surface area (Å²) in [6.07, 6.45) is 5.26. The van der Waals surface area contributed by atoms with Gasteiger partial charge in [0.05, 0.1) is 31.0 Å². The minimum absolute atomic E-state index is 0.888. The van der Waals surface area contributed by atoms with Crippen LogP contribution in [0.15, 0.2) is 29.2 Å². The molecule has 5 heteroatoms. The largest absolute Gasteiger partial charge is 0.472 e. The number of H-pyrrole nitrogens is 1. The number of piperazine rings is 1. The third-order valence-electron chi connectivity index (χ3n) is 3.04. The van der Waals surface area contributed by atoms with E-state index in [1.807, 2.05) is 12.3 Å². The van der Waals surface area contributed by atoms with Crippen molar-refractivity contribution in [2.24, 2.45) is 0 Å². The summed E-state index contributed by atoms with van der Waals surface area (Å²) < 4.78 is 5.06. The second kappa shape index (κ2) is 4.73. The highest BCUT2D eigenvalue weighted by Gasteiger charge is 2.12. The SMILES string of the molecule is c1cc(-c2cnc(CN3CCNCC3)[nH]2)co1. The monoisotopic (exact) mass is 232 g/mol. The molecule has 0 aromatic carbocycles. The number of imidazole rings is 1. The highest BCUT2D eigenvalue weighted by atomic mass is 16.3. The average Bonchev–Trinajstić information content (AvgIpc) is 3.00. The number of hydrogen-bond acceptors (Lipinski definition) is 4. The van der Waals surface area contributed by atoms with Crippen molar-refractivity contribution in [3.8, 4) is 11.3 Å². The van der Waals surface area contributed by atoms with Crippen molar-refractivity contribution < 1.29 is 4.42 Å². The fraction of sp³-hybridized carbons (Fsp3) is 0.417. The molecule has 1 aliphatic rings. The molecule has 0 aliphatic carbocycles. The molecule has 3 heterocycles. The first kappa shape index (κ1) is 10.6. The molecule has 0 amide bonds.